The summed E-state index contributed by atoms with van der Waals surface area (Å²) in [6.07, 6.45) is 0. The molecule has 0 radical (unpaired) electrons. The Kier molecular flexibility index (Phi) is 5.75. The Bertz CT molecular complexity index is 719. The molecule has 0 aromatic heterocycles. The van der Waals surface area contributed by atoms with Gasteiger partial charge in [0.05, 0.1) is 25.3 Å². The molecular formula is C15H9I2O5-. The number of halogens is 2. The van der Waals surface area contributed by atoms with Crippen LogP contribution in [0.15, 0.2) is 36.4 Å². The minimum absolute atomic E-state index is 0.0691. The number of aliphatic hydroxyl groups excluding tert-OH is 1. The van der Waals surface area contributed by atoms with E-state index in [9.17, 15) is 14.7 Å². The van der Waals surface area contributed by atoms with Gasteiger partial charge in [-0.1, -0.05) is 18.2 Å². The average molecular weight is 523 g/mol. The van der Waals surface area contributed by atoms with E-state index in [1.54, 1.807) is 18.2 Å². The molecule has 0 spiro atoms. The van der Waals surface area contributed by atoms with E-state index >= 15 is 0 Å². The smallest absolute Gasteiger partial charge is 0.344 e. The molecule has 0 bridgehead atoms. The first-order valence-electron chi connectivity index (χ1n) is 6.05. The Hall–Kier alpha value is -1.20. The molecule has 0 fully saturated rings. The molecule has 2 aromatic rings. The number of hydrogen-bond donors (Lipinski definition) is 1. The number of carbonyl (C=O) groups is 2. The molecule has 0 saturated carbocycles. The Balaban J connectivity index is 2.36. The second-order valence-electron chi connectivity index (χ2n) is 4.27. The maximum Gasteiger partial charge on any atom is 0.344 e. The van der Waals surface area contributed by atoms with Crippen LogP contribution in [-0.4, -0.2) is 17.0 Å². The number of hydrogen-bond acceptors (Lipinski definition) is 5. The van der Waals surface area contributed by atoms with E-state index in [4.69, 9.17) is 9.84 Å². The first kappa shape index (κ1) is 17.2. The summed E-state index contributed by atoms with van der Waals surface area (Å²) in [5, 5.41) is 20.2. The number of aromatic carboxylic acids is 1. The highest BCUT2D eigenvalue weighted by atomic mass is 127. The van der Waals surface area contributed by atoms with E-state index in [1.807, 2.05) is 45.2 Å². The number of carboxylic acid groups (broad SMARTS) is 1. The fourth-order valence-electron chi connectivity index (χ4n) is 1.79. The molecule has 0 unspecified atom stereocenters. The number of carboxylic acids is 1. The molecule has 7 heteroatoms. The van der Waals surface area contributed by atoms with Gasteiger partial charge in [0.2, 0.25) is 0 Å². The van der Waals surface area contributed by atoms with Crippen molar-refractivity contribution in [2.75, 3.05) is 0 Å². The lowest BCUT2D eigenvalue weighted by atomic mass is 10.1. The average Bonchev–Trinajstić information content (AvgIpc) is 2.50. The van der Waals surface area contributed by atoms with Crippen LogP contribution < -0.4 is 9.84 Å². The van der Waals surface area contributed by atoms with Gasteiger partial charge in [0, 0.05) is 5.56 Å². The van der Waals surface area contributed by atoms with Crippen molar-refractivity contribution in [3.05, 3.63) is 60.2 Å². The summed E-state index contributed by atoms with van der Waals surface area (Å²) < 4.78 is 6.62. The van der Waals surface area contributed by atoms with E-state index in [0.29, 0.717) is 18.5 Å². The molecule has 2 rings (SSSR count). The van der Waals surface area contributed by atoms with Crippen molar-refractivity contribution >= 4 is 57.1 Å². The van der Waals surface area contributed by atoms with Gasteiger partial charge in [0.1, 0.15) is 0 Å². The maximum absolute atomic E-state index is 12.2. The van der Waals surface area contributed by atoms with Crippen LogP contribution in [0.25, 0.3) is 0 Å². The third-order valence-corrected chi connectivity index (χ3v) is 4.40. The largest absolute Gasteiger partial charge is 0.545 e. The van der Waals surface area contributed by atoms with Gasteiger partial charge in [-0.05, 0) is 68.9 Å². The van der Waals surface area contributed by atoms with Crippen LogP contribution in [0.5, 0.6) is 5.75 Å². The molecule has 5 nitrogen and oxygen atoms in total. The van der Waals surface area contributed by atoms with E-state index in [2.05, 4.69) is 0 Å². The third-order valence-electron chi connectivity index (χ3n) is 2.80. The second kappa shape index (κ2) is 7.38. The first-order chi connectivity index (χ1) is 10.4. The van der Waals surface area contributed by atoms with Gasteiger partial charge in [-0.15, -0.1) is 0 Å². The highest BCUT2D eigenvalue weighted by Gasteiger charge is 2.17. The van der Waals surface area contributed by atoms with E-state index in [1.165, 1.54) is 18.2 Å². The third kappa shape index (κ3) is 3.76. The van der Waals surface area contributed by atoms with Crippen molar-refractivity contribution in [2.24, 2.45) is 0 Å². The fourth-order valence-corrected chi connectivity index (χ4v) is 3.91. The predicted octanol–water partition coefficient (Wildman–Crippen LogP) is 1.97. The van der Waals surface area contributed by atoms with Crippen LogP contribution in [0.3, 0.4) is 0 Å². The van der Waals surface area contributed by atoms with Gasteiger partial charge in [-0.25, -0.2) is 4.79 Å². The van der Waals surface area contributed by atoms with Crippen LogP contribution in [0.2, 0.25) is 0 Å². The Morgan fingerprint density at radius 2 is 1.64 bits per heavy atom. The number of carbonyl (C=O) groups excluding carboxylic acids is 2. The number of benzene rings is 2. The molecule has 0 heterocycles. The normalized spacial score (nSPS) is 10.3. The van der Waals surface area contributed by atoms with Gasteiger partial charge in [-0.2, -0.15) is 0 Å². The van der Waals surface area contributed by atoms with Crippen LogP contribution in [-0.2, 0) is 6.61 Å². The van der Waals surface area contributed by atoms with E-state index in [0.717, 1.165) is 0 Å². The van der Waals surface area contributed by atoms with Crippen LogP contribution in [0.1, 0.15) is 26.3 Å². The Labute approximate surface area is 153 Å². The Morgan fingerprint density at radius 1 is 1.09 bits per heavy atom. The van der Waals surface area contributed by atoms with Crippen molar-refractivity contribution in [1.82, 2.24) is 0 Å². The lowest BCUT2D eigenvalue weighted by molar-refractivity contribution is -0.255. The molecular weight excluding hydrogens is 514 g/mol. The van der Waals surface area contributed by atoms with Crippen molar-refractivity contribution in [1.29, 1.82) is 0 Å². The molecule has 114 valence electrons. The molecule has 0 atom stereocenters. The van der Waals surface area contributed by atoms with Gasteiger partial charge in [0.15, 0.2) is 5.75 Å². The molecule has 0 aliphatic heterocycles. The van der Waals surface area contributed by atoms with E-state index in [-0.39, 0.29) is 17.7 Å². The second-order valence-corrected chi connectivity index (χ2v) is 6.59. The summed E-state index contributed by atoms with van der Waals surface area (Å²) in [6, 6.07) is 9.09. The number of rotatable bonds is 4. The predicted molar refractivity (Wildman–Crippen MR) is 93.5 cm³/mol. The lowest BCUT2D eigenvalue weighted by Crippen LogP contribution is -2.26. The molecule has 0 amide bonds. The number of esters is 1. The van der Waals surface area contributed by atoms with Crippen molar-refractivity contribution in [2.45, 2.75) is 6.61 Å². The Morgan fingerprint density at radius 3 is 2.14 bits per heavy atom. The monoisotopic (exact) mass is 523 g/mol. The molecule has 22 heavy (non-hydrogen) atoms. The highest BCUT2D eigenvalue weighted by molar-refractivity contribution is 14.1. The quantitative estimate of drug-likeness (QED) is 0.377. The van der Waals surface area contributed by atoms with Crippen LogP contribution in [0.4, 0.5) is 0 Å². The topological polar surface area (TPSA) is 86.7 Å². The zero-order chi connectivity index (χ0) is 16.3. The summed E-state index contributed by atoms with van der Waals surface area (Å²) in [4.78, 5) is 23.3. The zero-order valence-electron chi connectivity index (χ0n) is 11.0. The van der Waals surface area contributed by atoms with Crippen LogP contribution >= 0.6 is 45.2 Å². The summed E-state index contributed by atoms with van der Waals surface area (Å²) >= 11 is 3.98. The first-order valence-corrected chi connectivity index (χ1v) is 8.21. The standard InChI is InChI=1S/C15H10I2O5/c16-11-5-8(7-18)6-12(17)13(11)22-15(21)10-4-2-1-3-9(10)14(19)20/h1-6,18H,7H2,(H,19,20)/p-1. The van der Waals surface area contributed by atoms with Crippen molar-refractivity contribution < 1.29 is 24.5 Å². The fraction of sp³-hybridized carbons (Fsp3) is 0.0667. The van der Waals surface area contributed by atoms with Gasteiger partial charge in [-0.3, -0.25) is 0 Å². The summed E-state index contributed by atoms with van der Waals surface area (Å²) in [7, 11) is 0. The summed E-state index contributed by atoms with van der Waals surface area (Å²) in [5.74, 6) is -1.88. The summed E-state index contributed by atoms with van der Waals surface area (Å²) in [5.41, 5.74) is 0.411. The van der Waals surface area contributed by atoms with Crippen molar-refractivity contribution in [3.8, 4) is 5.75 Å². The molecule has 0 aliphatic rings. The molecule has 1 N–H and O–H groups in total. The SMILES string of the molecule is O=C([O-])c1ccccc1C(=O)Oc1c(I)cc(CO)cc1I. The lowest BCUT2D eigenvalue weighted by Gasteiger charge is -2.13. The number of ether oxygens (including phenoxy) is 1. The maximum atomic E-state index is 12.2. The molecule has 0 aliphatic carbocycles. The van der Waals surface area contributed by atoms with Crippen LogP contribution in [0, 0.1) is 7.14 Å². The zero-order valence-corrected chi connectivity index (χ0v) is 15.3. The molecule has 2 aromatic carbocycles. The summed E-state index contributed by atoms with van der Waals surface area (Å²) in [6.45, 7) is -0.117. The van der Waals surface area contributed by atoms with E-state index < -0.39 is 11.9 Å². The highest BCUT2D eigenvalue weighted by Crippen LogP contribution is 2.30. The van der Waals surface area contributed by atoms with Crippen molar-refractivity contribution in [3.63, 3.8) is 0 Å². The van der Waals surface area contributed by atoms with Gasteiger partial charge in [0.25, 0.3) is 0 Å². The number of aliphatic hydroxyl groups is 1. The van der Waals surface area contributed by atoms with Gasteiger partial charge >= 0.3 is 5.97 Å². The molecule has 0 saturated heterocycles. The van der Waals surface area contributed by atoms with Gasteiger partial charge < -0.3 is 19.7 Å². The minimum Gasteiger partial charge on any atom is -0.545 e. The minimum atomic E-state index is -1.44.